The molecular formula is C13H12ClNO2S. The first-order valence-corrected chi connectivity index (χ1v) is 6.89. The Balaban J connectivity index is 1.94. The van der Waals surface area contributed by atoms with E-state index >= 15 is 0 Å². The van der Waals surface area contributed by atoms with Gasteiger partial charge in [0.2, 0.25) is 0 Å². The molecule has 1 aromatic carbocycles. The van der Waals surface area contributed by atoms with Crippen LogP contribution >= 0.6 is 22.9 Å². The van der Waals surface area contributed by atoms with Gasteiger partial charge in [-0.1, -0.05) is 23.2 Å². The molecule has 0 bridgehead atoms. The molecule has 3 rings (SSSR count). The molecule has 0 amide bonds. The van der Waals surface area contributed by atoms with Crippen molar-refractivity contribution in [2.45, 2.75) is 25.6 Å². The lowest BCUT2D eigenvalue weighted by atomic mass is 9.98. The molecule has 1 unspecified atom stereocenters. The zero-order valence-electron chi connectivity index (χ0n) is 9.76. The number of benzene rings is 1. The van der Waals surface area contributed by atoms with Crippen molar-refractivity contribution in [2.75, 3.05) is 0 Å². The van der Waals surface area contributed by atoms with E-state index in [1.807, 2.05) is 25.1 Å². The highest BCUT2D eigenvalue weighted by molar-refractivity contribution is 7.15. The molecule has 0 spiro atoms. The summed E-state index contributed by atoms with van der Waals surface area (Å²) in [5.41, 5.74) is 1.97. The van der Waals surface area contributed by atoms with Gasteiger partial charge in [0.25, 0.3) is 0 Å². The Morgan fingerprint density at radius 2 is 2.33 bits per heavy atom. The van der Waals surface area contributed by atoms with E-state index in [9.17, 15) is 5.11 Å². The zero-order chi connectivity index (χ0) is 12.7. The van der Waals surface area contributed by atoms with E-state index in [4.69, 9.17) is 16.3 Å². The van der Waals surface area contributed by atoms with E-state index in [1.165, 1.54) is 11.3 Å². The van der Waals surface area contributed by atoms with Crippen LogP contribution in [0.15, 0.2) is 24.4 Å². The Hall–Kier alpha value is -1.10. The number of nitrogens with zero attached hydrogens (tertiary/aromatic N) is 1. The number of rotatable bonds is 1. The maximum absolute atomic E-state index is 10.2. The highest BCUT2D eigenvalue weighted by Crippen LogP contribution is 2.42. The number of aromatic nitrogens is 1. The summed E-state index contributed by atoms with van der Waals surface area (Å²) in [5, 5.41) is 11.0. The summed E-state index contributed by atoms with van der Waals surface area (Å²) in [6.07, 6.45) is 1.40. The van der Waals surface area contributed by atoms with Gasteiger partial charge < -0.3 is 9.84 Å². The summed E-state index contributed by atoms with van der Waals surface area (Å²) < 4.78 is 6.52. The van der Waals surface area contributed by atoms with Crippen molar-refractivity contribution in [1.82, 2.24) is 4.98 Å². The van der Waals surface area contributed by atoms with Gasteiger partial charge in [0.15, 0.2) is 6.10 Å². The first-order valence-electron chi connectivity index (χ1n) is 5.70. The molecule has 2 aromatic rings. The number of hydrogen-bond donors (Lipinski definition) is 1. The Morgan fingerprint density at radius 3 is 3.06 bits per heavy atom. The third kappa shape index (κ3) is 2.11. The highest BCUT2D eigenvalue weighted by atomic mass is 35.5. The second kappa shape index (κ2) is 4.53. The largest absolute Gasteiger partial charge is 0.483 e. The maximum Gasteiger partial charge on any atom is 0.153 e. The molecule has 5 heteroatoms. The molecule has 18 heavy (non-hydrogen) atoms. The minimum Gasteiger partial charge on any atom is -0.483 e. The average molecular weight is 282 g/mol. The van der Waals surface area contributed by atoms with Gasteiger partial charge in [-0.2, -0.15) is 0 Å². The molecule has 0 aliphatic carbocycles. The molecule has 0 saturated heterocycles. The number of thiazole rings is 1. The van der Waals surface area contributed by atoms with Crippen molar-refractivity contribution >= 4 is 22.9 Å². The normalized spacial score (nSPS) is 22.4. The van der Waals surface area contributed by atoms with Crippen molar-refractivity contribution in [2.24, 2.45) is 0 Å². The van der Waals surface area contributed by atoms with Crippen molar-refractivity contribution in [3.63, 3.8) is 0 Å². The highest BCUT2D eigenvalue weighted by Gasteiger charge is 2.29. The molecule has 94 valence electrons. The number of fused-ring (bicyclic) bond motifs is 1. The van der Waals surface area contributed by atoms with E-state index in [1.54, 1.807) is 6.20 Å². The third-order valence-corrected chi connectivity index (χ3v) is 4.21. The lowest BCUT2D eigenvalue weighted by molar-refractivity contribution is 0.0655. The van der Waals surface area contributed by atoms with Crippen LogP contribution in [0.4, 0.5) is 0 Å². The summed E-state index contributed by atoms with van der Waals surface area (Å²) in [6.45, 7) is 2.00. The number of halogens is 1. The van der Waals surface area contributed by atoms with Gasteiger partial charge in [0.05, 0.1) is 12.3 Å². The maximum atomic E-state index is 10.2. The standard InChI is InChI=1S/C13H12ClNO2S/c1-7-2-3-10-8(4-7)9(16)5-11(17-10)13-15-6-12(14)18-13/h2-4,6,9,11,16H,5H2,1H3/t9-,11?/m1/s1. The molecule has 0 saturated carbocycles. The molecule has 1 N–H and O–H groups in total. The zero-order valence-corrected chi connectivity index (χ0v) is 11.3. The quantitative estimate of drug-likeness (QED) is 0.867. The summed E-state index contributed by atoms with van der Waals surface area (Å²) in [4.78, 5) is 4.21. The smallest absolute Gasteiger partial charge is 0.153 e. The lowest BCUT2D eigenvalue weighted by Crippen LogP contribution is -2.18. The van der Waals surface area contributed by atoms with Gasteiger partial charge in [-0.05, 0) is 19.1 Å². The molecular weight excluding hydrogens is 270 g/mol. The summed E-state index contributed by atoms with van der Waals surface area (Å²) in [7, 11) is 0. The van der Waals surface area contributed by atoms with E-state index in [2.05, 4.69) is 4.98 Å². The van der Waals surface area contributed by atoms with E-state index in [0.717, 1.165) is 21.9 Å². The van der Waals surface area contributed by atoms with Gasteiger partial charge in [-0.15, -0.1) is 11.3 Å². The number of aryl methyl sites for hydroxylation is 1. The third-order valence-electron chi connectivity index (χ3n) is 3.00. The molecule has 1 aliphatic heterocycles. The fourth-order valence-corrected chi connectivity index (χ4v) is 3.11. The molecule has 0 fully saturated rings. The Labute approximate surface area is 114 Å². The Morgan fingerprint density at radius 1 is 1.50 bits per heavy atom. The van der Waals surface area contributed by atoms with Crippen LogP contribution in [0.3, 0.4) is 0 Å². The van der Waals surface area contributed by atoms with Crippen LogP contribution in [0, 0.1) is 6.92 Å². The van der Waals surface area contributed by atoms with Gasteiger partial charge >= 0.3 is 0 Å². The minimum atomic E-state index is -0.513. The predicted molar refractivity (Wildman–Crippen MR) is 71.2 cm³/mol. The van der Waals surface area contributed by atoms with E-state index in [0.29, 0.717) is 10.8 Å². The molecule has 2 atom stereocenters. The van der Waals surface area contributed by atoms with Crippen LogP contribution in [-0.2, 0) is 0 Å². The van der Waals surface area contributed by atoms with Crippen LogP contribution in [0.1, 0.15) is 34.8 Å². The van der Waals surface area contributed by atoms with Gasteiger partial charge in [0.1, 0.15) is 15.1 Å². The fraction of sp³-hybridized carbons (Fsp3) is 0.308. The number of ether oxygens (including phenoxy) is 1. The van der Waals surface area contributed by atoms with Crippen molar-refractivity contribution in [3.05, 3.63) is 44.9 Å². The molecule has 3 nitrogen and oxygen atoms in total. The number of aliphatic hydroxyl groups excluding tert-OH is 1. The second-order valence-corrected chi connectivity index (χ2v) is 6.10. The minimum absolute atomic E-state index is 0.215. The first kappa shape index (κ1) is 12.0. The topological polar surface area (TPSA) is 42.4 Å². The summed E-state index contributed by atoms with van der Waals surface area (Å²) in [5.74, 6) is 0.732. The fourth-order valence-electron chi connectivity index (χ4n) is 2.13. The number of aliphatic hydroxyl groups is 1. The second-order valence-electron chi connectivity index (χ2n) is 4.40. The van der Waals surface area contributed by atoms with Crippen LogP contribution in [0.5, 0.6) is 5.75 Å². The monoisotopic (exact) mass is 281 g/mol. The van der Waals surface area contributed by atoms with Crippen molar-refractivity contribution < 1.29 is 9.84 Å². The number of hydrogen-bond acceptors (Lipinski definition) is 4. The van der Waals surface area contributed by atoms with Crippen LogP contribution in [0.25, 0.3) is 0 Å². The first-order chi connectivity index (χ1) is 8.63. The predicted octanol–water partition coefficient (Wildman–Crippen LogP) is 3.66. The van der Waals surface area contributed by atoms with Gasteiger partial charge in [-0.3, -0.25) is 0 Å². The van der Waals surface area contributed by atoms with Crippen molar-refractivity contribution in [1.29, 1.82) is 0 Å². The van der Waals surface area contributed by atoms with Gasteiger partial charge in [-0.25, -0.2) is 4.98 Å². The van der Waals surface area contributed by atoms with E-state index < -0.39 is 6.10 Å². The Kier molecular flexibility index (Phi) is 3.01. The average Bonchev–Trinajstić information content (AvgIpc) is 2.77. The van der Waals surface area contributed by atoms with Crippen LogP contribution < -0.4 is 4.74 Å². The van der Waals surface area contributed by atoms with Crippen LogP contribution in [0.2, 0.25) is 4.34 Å². The molecule has 1 aromatic heterocycles. The molecule has 2 heterocycles. The molecule has 1 aliphatic rings. The summed E-state index contributed by atoms with van der Waals surface area (Å²) >= 11 is 7.27. The SMILES string of the molecule is Cc1ccc2c(c1)[C@H](O)CC(c1ncc(Cl)s1)O2. The van der Waals surface area contributed by atoms with Gasteiger partial charge in [0, 0.05) is 12.0 Å². The molecule has 0 radical (unpaired) electrons. The summed E-state index contributed by atoms with van der Waals surface area (Å²) in [6, 6.07) is 5.84. The van der Waals surface area contributed by atoms with Crippen LogP contribution in [-0.4, -0.2) is 10.1 Å². The van der Waals surface area contributed by atoms with E-state index in [-0.39, 0.29) is 6.10 Å². The Bertz CT molecular complexity index is 584. The van der Waals surface area contributed by atoms with Crippen molar-refractivity contribution in [3.8, 4) is 5.75 Å². The lowest BCUT2D eigenvalue weighted by Gasteiger charge is -2.28.